The van der Waals surface area contributed by atoms with E-state index in [2.05, 4.69) is 9.72 Å². The Morgan fingerprint density at radius 2 is 2.00 bits per heavy atom. The normalized spacial score (nSPS) is 10.5. The Balaban J connectivity index is 3.29. The van der Waals surface area contributed by atoms with Crippen LogP contribution >= 0.6 is 0 Å². The highest BCUT2D eigenvalue weighted by atomic mass is 19.3. The molecule has 0 saturated carbocycles. The van der Waals surface area contributed by atoms with E-state index in [0.29, 0.717) is 0 Å². The third kappa shape index (κ3) is 2.23. The summed E-state index contributed by atoms with van der Waals surface area (Å²) in [4.78, 5) is 13.7. The Morgan fingerprint density at radius 3 is 2.47 bits per heavy atom. The number of ether oxygens (including phenoxy) is 1. The van der Waals surface area contributed by atoms with Gasteiger partial charge >= 0.3 is 5.97 Å². The van der Waals surface area contributed by atoms with Gasteiger partial charge in [-0.2, -0.15) is 0 Å². The molecule has 0 aliphatic rings. The second-order valence-corrected chi connectivity index (χ2v) is 2.48. The number of aromatic nitrogens is 1. The van der Waals surface area contributed by atoms with Crippen LogP contribution in [0.5, 0.6) is 0 Å². The molecule has 15 heavy (non-hydrogen) atoms. The van der Waals surface area contributed by atoms with Crippen molar-refractivity contribution in [3.8, 4) is 0 Å². The predicted molar refractivity (Wildman–Crippen MR) is 40.4 cm³/mol. The highest BCUT2D eigenvalue weighted by Gasteiger charge is 2.23. The summed E-state index contributed by atoms with van der Waals surface area (Å²) in [5.41, 5.74) is -2.24. The Kier molecular flexibility index (Phi) is 3.23. The molecule has 0 bridgehead atoms. The van der Waals surface area contributed by atoms with E-state index in [1.807, 2.05) is 0 Å². The maximum absolute atomic E-state index is 12.9. The van der Waals surface area contributed by atoms with E-state index in [-0.39, 0.29) is 6.07 Å². The Labute approximate surface area is 81.7 Å². The first-order valence-electron chi connectivity index (χ1n) is 3.69. The number of carbonyl (C=O) groups excluding carboxylic acids is 1. The molecule has 1 heterocycles. The van der Waals surface area contributed by atoms with Crippen molar-refractivity contribution < 1.29 is 27.1 Å². The number of hydrogen-bond acceptors (Lipinski definition) is 3. The van der Waals surface area contributed by atoms with Crippen LogP contribution in [0.3, 0.4) is 0 Å². The van der Waals surface area contributed by atoms with Crippen molar-refractivity contribution in [3.63, 3.8) is 0 Å². The zero-order valence-corrected chi connectivity index (χ0v) is 7.43. The van der Waals surface area contributed by atoms with E-state index >= 15 is 0 Å². The molecule has 82 valence electrons. The van der Waals surface area contributed by atoms with Gasteiger partial charge < -0.3 is 4.74 Å². The molecule has 3 nitrogen and oxygen atoms in total. The lowest BCUT2D eigenvalue weighted by Crippen LogP contribution is -2.11. The van der Waals surface area contributed by atoms with Gasteiger partial charge in [-0.25, -0.2) is 27.3 Å². The minimum absolute atomic E-state index is 0.167. The van der Waals surface area contributed by atoms with Gasteiger partial charge in [0.15, 0.2) is 17.3 Å². The lowest BCUT2D eigenvalue weighted by molar-refractivity contribution is 0.0585. The largest absolute Gasteiger partial charge is 0.464 e. The van der Waals surface area contributed by atoms with Crippen molar-refractivity contribution in [2.75, 3.05) is 7.11 Å². The second kappa shape index (κ2) is 4.24. The number of halogens is 4. The number of hydrogen-bond donors (Lipinski definition) is 0. The van der Waals surface area contributed by atoms with Crippen LogP contribution in [0.15, 0.2) is 6.07 Å². The molecule has 0 unspecified atom stereocenters. The van der Waals surface area contributed by atoms with Crippen LogP contribution in [0, 0.1) is 11.6 Å². The summed E-state index contributed by atoms with van der Waals surface area (Å²) in [6, 6.07) is 0.167. The van der Waals surface area contributed by atoms with Crippen molar-refractivity contribution in [3.05, 3.63) is 29.1 Å². The molecule has 7 heteroatoms. The average molecular weight is 223 g/mol. The SMILES string of the molecule is COC(=O)c1nc(C(F)F)c(F)cc1F. The summed E-state index contributed by atoms with van der Waals surface area (Å²) in [6.45, 7) is 0. The first-order valence-corrected chi connectivity index (χ1v) is 3.69. The van der Waals surface area contributed by atoms with E-state index in [4.69, 9.17) is 0 Å². The molecule has 1 aromatic heterocycles. The standard InChI is InChI=1S/C8H5F4NO2/c1-15-8(14)6-4(10)2-3(9)5(13-6)7(11)12/h2,7H,1H3. The van der Waals surface area contributed by atoms with Crippen molar-refractivity contribution in [2.45, 2.75) is 6.43 Å². The van der Waals surface area contributed by atoms with E-state index in [1.54, 1.807) is 0 Å². The van der Waals surface area contributed by atoms with Gasteiger partial charge in [0.05, 0.1) is 7.11 Å². The second-order valence-electron chi connectivity index (χ2n) is 2.48. The van der Waals surface area contributed by atoms with Gasteiger partial charge in [-0.1, -0.05) is 0 Å². The monoisotopic (exact) mass is 223 g/mol. The average Bonchev–Trinajstić information content (AvgIpc) is 2.16. The third-order valence-electron chi connectivity index (χ3n) is 1.54. The molecule has 0 N–H and O–H groups in total. The number of pyridine rings is 1. The minimum atomic E-state index is -3.23. The fourth-order valence-electron chi connectivity index (χ4n) is 0.874. The number of esters is 1. The summed E-state index contributed by atoms with van der Waals surface area (Å²) in [5, 5.41) is 0. The highest BCUT2D eigenvalue weighted by Crippen LogP contribution is 2.21. The Bertz CT molecular complexity index is 394. The van der Waals surface area contributed by atoms with Gasteiger partial charge in [-0.3, -0.25) is 0 Å². The molecule has 0 aromatic carbocycles. The molecule has 0 radical (unpaired) electrons. The molecule has 1 rings (SSSR count). The maximum atomic E-state index is 12.9. The van der Waals surface area contributed by atoms with Gasteiger partial charge in [-0.15, -0.1) is 0 Å². The first-order chi connectivity index (χ1) is 6.97. The van der Waals surface area contributed by atoms with E-state index in [9.17, 15) is 22.4 Å². The van der Waals surface area contributed by atoms with Crippen LogP contribution < -0.4 is 0 Å². The topological polar surface area (TPSA) is 39.2 Å². The molecule has 0 spiro atoms. The van der Waals surface area contributed by atoms with Crippen LogP contribution in [0.25, 0.3) is 0 Å². The Morgan fingerprint density at radius 1 is 1.40 bits per heavy atom. The zero-order chi connectivity index (χ0) is 11.6. The lowest BCUT2D eigenvalue weighted by Gasteiger charge is -2.04. The van der Waals surface area contributed by atoms with Gasteiger partial charge in [0.25, 0.3) is 6.43 Å². The molecule has 0 aliphatic carbocycles. The van der Waals surface area contributed by atoms with E-state index < -0.39 is 35.4 Å². The Hall–Kier alpha value is -1.66. The molecule has 0 saturated heterocycles. The van der Waals surface area contributed by atoms with E-state index in [0.717, 1.165) is 7.11 Å². The smallest absolute Gasteiger partial charge is 0.359 e. The van der Waals surface area contributed by atoms with Crippen molar-refractivity contribution in [1.82, 2.24) is 4.98 Å². The number of rotatable bonds is 2. The minimum Gasteiger partial charge on any atom is -0.464 e. The van der Waals surface area contributed by atoms with Crippen LogP contribution in [0.1, 0.15) is 22.6 Å². The number of alkyl halides is 2. The number of nitrogens with zero attached hydrogens (tertiary/aromatic N) is 1. The molecule has 0 fully saturated rings. The number of carbonyl (C=O) groups is 1. The third-order valence-corrected chi connectivity index (χ3v) is 1.54. The predicted octanol–water partition coefficient (Wildman–Crippen LogP) is 2.08. The van der Waals surface area contributed by atoms with Crippen molar-refractivity contribution in [1.29, 1.82) is 0 Å². The molecule has 1 aromatic rings. The fourth-order valence-corrected chi connectivity index (χ4v) is 0.874. The molecular weight excluding hydrogens is 218 g/mol. The maximum Gasteiger partial charge on any atom is 0.359 e. The van der Waals surface area contributed by atoms with Gasteiger partial charge in [0.1, 0.15) is 5.69 Å². The van der Waals surface area contributed by atoms with Crippen LogP contribution in [-0.4, -0.2) is 18.1 Å². The fraction of sp³-hybridized carbons (Fsp3) is 0.250. The molecule has 0 amide bonds. The summed E-state index contributed by atoms with van der Waals surface area (Å²) < 4.78 is 53.9. The summed E-state index contributed by atoms with van der Waals surface area (Å²) in [6.07, 6.45) is -3.23. The summed E-state index contributed by atoms with van der Waals surface area (Å²) in [7, 11) is 0.925. The molecule has 0 aliphatic heterocycles. The van der Waals surface area contributed by atoms with Crippen molar-refractivity contribution in [2.24, 2.45) is 0 Å². The highest BCUT2D eigenvalue weighted by molar-refractivity contribution is 5.87. The summed E-state index contributed by atoms with van der Waals surface area (Å²) >= 11 is 0. The van der Waals surface area contributed by atoms with Crippen molar-refractivity contribution >= 4 is 5.97 Å². The molecule has 0 atom stereocenters. The van der Waals surface area contributed by atoms with Crippen LogP contribution in [0.4, 0.5) is 17.6 Å². The first kappa shape index (κ1) is 11.4. The quantitative estimate of drug-likeness (QED) is 0.569. The zero-order valence-electron chi connectivity index (χ0n) is 7.43. The van der Waals surface area contributed by atoms with Gasteiger partial charge in [0, 0.05) is 6.07 Å². The number of methoxy groups -OCH3 is 1. The van der Waals surface area contributed by atoms with Gasteiger partial charge in [-0.05, 0) is 0 Å². The van der Waals surface area contributed by atoms with Crippen LogP contribution in [-0.2, 0) is 4.74 Å². The summed E-state index contributed by atoms with van der Waals surface area (Å²) in [5.74, 6) is -4.09. The van der Waals surface area contributed by atoms with Crippen LogP contribution in [0.2, 0.25) is 0 Å². The van der Waals surface area contributed by atoms with E-state index in [1.165, 1.54) is 0 Å². The lowest BCUT2D eigenvalue weighted by atomic mass is 10.2. The molecular formula is C8H5F4NO2. The van der Waals surface area contributed by atoms with Gasteiger partial charge in [0.2, 0.25) is 0 Å².